The summed E-state index contributed by atoms with van der Waals surface area (Å²) in [4.78, 5) is 18.8. The van der Waals surface area contributed by atoms with Gasteiger partial charge in [0.05, 0.1) is 0 Å². The molecule has 2 heterocycles. The number of aromatic nitrogens is 5. The lowest BCUT2D eigenvalue weighted by Crippen LogP contribution is -2.12. The molecular formula is C7H8N6OS. The van der Waals surface area contributed by atoms with E-state index in [1.54, 1.807) is 19.3 Å². The Hall–Kier alpha value is -1.83. The lowest BCUT2D eigenvalue weighted by molar-refractivity contribution is 0.764. The number of rotatable bonds is 2. The van der Waals surface area contributed by atoms with Crippen LogP contribution in [0.4, 0.5) is 5.95 Å². The van der Waals surface area contributed by atoms with Crippen LogP contribution in [0.2, 0.25) is 0 Å². The van der Waals surface area contributed by atoms with Crippen molar-refractivity contribution in [2.75, 3.05) is 5.73 Å². The SMILES string of the molecule is Cn1c(Sc2ccnc(N)n2)n[nH]c1=O. The Morgan fingerprint density at radius 3 is 3.00 bits per heavy atom. The average molecular weight is 224 g/mol. The minimum atomic E-state index is -0.264. The van der Waals surface area contributed by atoms with Gasteiger partial charge in [0, 0.05) is 13.2 Å². The third-order valence-corrected chi connectivity index (χ3v) is 2.67. The maximum atomic E-state index is 11.1. The fraction of sp³-hybridized carbons (Fsp3) is 0.143. The zero-order chi connectivity index (χ0) is 10.8. The van der Waals surface area contributed by atoms with Gasteiger partial charge < -0.3 is 5.73 Å². The number of H-pyrrole nitrogens is 1. The largest absolute Gasteiger partial charge is 0.368 e. The van der Waals surface area contributed by atoms with Crippen LogP contribution >= 0.6 is 11.8 Å². The Kier molecular flexibility index (Phi) is 2.42. The number of nitrogens with two attached hydrogens (primary N) is 1. The molecule has 0 fully saturated rings. The minimum absolute atomic E-state index is 0.195. The summed E-state index contributed by atoms with van der Waals surface area (Å²) in [5.74, 6) is 0.195. The molecule has 15 heavy (non-hydrogen) atoms. The summed E-state index contributed by atoms with van der Waals surface area (Å²) < 4.78 is 1.39. The molecule has 2 aromatic heterocycles. The van der Waals surface area contributed by atoms with E-state index in [0.717, 1.165) is 0 Å². The first-order chi connectivity index (χ1) is 7.16. The van der Waals surface area contributed by atoms with Crippen LogP contribution in [0.3, 0.4) is 0 Å². The number of nitrogens with one attached hydrogen (secondary N) is 1. The van der Waals surface area contributed by atoms with E-state index in [-0.39, 0.29) is 11.6 Å². The van der Waals surface area contributed by atoms with E-state index in [9.17, 15) is 4.79 Å². The number of nitrogens with zero attached hydrogens (tertiary/aromatic N) is 4. The summed E-state index contributed by atoms with van der Waals surface area (Å²) >= 11 is 1.24. The molecule has 0 aliphatic rings. The fourth-order valence-electron chi connectivity index (χ4n) is 0.931. The van der Waals surface area contributed by atoms with Gasteiger partial charge in [0.2, 0.25) is 5.95 Å². The van der Waals surface area contributed by atoms with E-state index in [4.69, 9.17) is 5.73 Å². The zero-order valence-electron chi connectivity index (χ0n) is 7.84. The van der Waals surface area contributed by atoms with Gasteiger partial charge in [-0.3, -0.25) is 4.57 Å². The Labute approximate surface area is 88.7 Å². The molecule has 8 heteroatoms. The highest BCUT2D eigenvalue weighted by Gasteiger charge is 2.07. The van der Waals surface area contributed by atoms with Crippen molar-refractivity contribution < 1.29 is 0 Å². The van der Waals surface area contributed by atoms with Gasteiger partial charge in [-0.25, -0.2) is 19.9 Å². The first-order valence-corrected chi connectivity index (χ1v) is 4.86. The molecule has 0 aromatic carbocycles. The van der Waals surface area contributed by atoms with Crippen molar-refractivity contribution in [3.05, 3.63) is 22.7 Å². The monoisotopic (exact) mass is 224 g/mol. The summed E-state index contributed by atoms with van der Waals surface area (Å²) in [7, 11) is 1.62. The number of hydrogen-bond acceptors (Lipinski definition) is 6. The molecule has 0 radical (unpaired) electrons. The normalized spacial score (nSPS) is 10.5. The second-order valence-corrected chi connectivity index (χ2v) is 3.71. The molecule has 78 valence electrons. The molecule has 0 aliphatic heterocycles. The van der Waals surface area contributed by atoms with Crippen LogP contribution in [0, 0.1) is 0 Å². The summed E-state index contributed by atoms with van der Waals surface area (Å²) in [5.41, 5.74) is 5.16. The van der Waals surface area contributed by atoms with Crippen molar-refractivity contribution in [2.45, 2.75) is 10.2 Å². The summed E-state index contributed by atoms with van der Waals surface area (Å²) in [6.45, 7) is 0. The molecule has 0 atom stereocenters. The maximum Gasteiger partial charge on any atom is 0.343 e. The highest BCUT2D eigenvalue weighted by molar-refractivity contribution is 7.99. The predicted octanol–water partition coefficient (Wildman–Crippen LogP) is -0.368. The van der Waals surface area contributed by atoms with Crippen LogP contribution in [0.5, 0.6) is 0 Å². The Balaban J connectivity index is 2.29. The van der Waals surface area contributed by atoms with Gasteiger partial charge in [0.1, 0.15) is 5.03 Å². The molecule has 3 N–H and O–H groups in total. The molecule has 0 aliphatic carbocycles. The van der Waals surface area contributed by atoms with E-state index >= 15 is 0 Å². The molecule has 0 saturated heterocycles. The van der Waals surface area contributed by atoms with Crippen LogP contribution in [-0.2, 0) is 7.05 Å². The predicted molar refractivity (Wildman–Crippen MR) is 54.4 cm³/mol. The third-order valence-electron chi connectivity index (χ3n) is 1.68. The van der Waals surface area contributed by atoms with Crippen LogP contribution in [0.15, 0.2) is 27.2 Å². The Morgan fingerprint density at radius 1 is 1.60 bits per heavy atom. The molecule has 0 saturated carbocycles. The van der Waals surface area contributed by atoms with Gasteiger partial charge in [-0.15, -0.1) is 5.10 Å². The molecule has 0 unspecified atom stereocenters. The Bertz CT molecular complexity index is 532. The van der Waals surface area contributed by atoms with E-state index in [0.29, 0.717) is 10.2 Å². The van der Waals surface area contributed by atoms with E-state index in [2.05, 4.69) is 20.2 Å². The maximum absolute atomic E-state index is 11.1. The van der Waals surface area contributed by atoms with Crippen molar-refractivity contribution in [2.24, 2.45) is 7.05 Å². The summed E-state index contributed by atoms with van der Waals surface area (Å²) in [5, 5.41) is 7.33. The molecule has 7 nitrogen and oxygen atoms in total. The van der Waals surface area contributed by atoms with Gasteiger partial charge in [0.15, 0.2) is 5.16 Å². The van der Waals surface area contributed by atoms with Crippen LogP contribution < -0.4 is 11.4 Å². The van der Waals surface area contributed by atoms with Crippen molar-refractivity contribution >= 4 is 17.7 Å². The number of anilines is 1. The van der Waals surface area contributed by atoms with Crippen molar-refractivity contribution in [3.8, 4) is 0 Å². The number of aromatic amines is 1. The second kappa shape index (κ2) is 3.73. The van der Waals surface area contributed by atoms with Crippen molar-refractivity contribution in [1.29, 1.82) is 0 Å². The lowest BCUT2D eigenvalue weighted by Gasteiger charge is -1.98. The van der Waals surface area contributed by atoms with Gasteiger partial charge >= 0.3 is 5.69 Å². The van der Waals surface area contributed by atoms with E-state index in [1.165, 1.54) is 16.3 Å². The zero-order valence-corrected chi connectivity index (χ0v) is 8.65. The first kappa shape index (κ1) is 9.71. The molecular weight excluding hydrogens is 216 g/mol. The standard InChI is InChI=1S/C7H8N6OS/c1-13-6(14)11-12-7(13)15-4-2-3-9-5(8)10-4/h2-3H,1H3,(H,11,14)(H2,8,9,10). The quantitative estimate of drug-likeness (QED) is 0.675. The highest BCUT2D eigenvalue weighted by Crippen LogP contribution is 2.21. The van der Waals surface area contributed by atoms with Crippen LogP contribution in [0.1, 0.15) is 0 Å². The summed E-state index contributed by atoms with van der Waals surface area (Å²) in [6, 6.07) is 1.69. The van der Waals surface area contributed by atoms with Gasteiger partial charge in [-0.05, 0) is 17.8 Å². The van der Waals surface area contributed by atoms with Crippen molar-refractivity contribution in [3.63, 3.8) is 0 Å². The molecule has 0 amide bonds. The minimum Gasteiger partial charge on any atom is -0.368 e. The molecule has 0 spiro atoms. The number of hydrogen-bond donors (Lipinski definition) is 2. The molecule has 2 rings (SSSR count). The lowest BCUT2D eigenvalue weighted by atomic mass is 10.7. The third kappa shape index (κ3) is 1.99. The van der Waals surface area contributed by atoms with E-state index < -0.39 is 0 Å². The van der Waals surface area contributed by atoms with Gasteiger partial charge in [-0.2, -0.15) is 0 Å². The van der Waals surface area contributed by atoms with Gasteiger partial charge in [-0.1, -0.05) is 0 Å². The topological polar surface area (TPSA) is 102 Å². The highest BCUT2D eigenvalue weighted by atomic mass is 32.2. The summed E-state index contributed by atoms with van der Waals surface area (Å²) in [6.07, 6.45) is 1.55. The first-order valence-electron chi connectivity index (χ1n) is 4.04. The second-order valence-electron chi connectivity index (χ2n) is 2.73. The smallest absolute Gasteiger partial charge is 0.343 e. The Morgan fingerprint density at radius 2 is 2.40 bits per heavy atom. The average Bonchev–Trinajstić information content (AvgIpc) is 2.50. The molecule has 0 bridgehead atoms. The number of nitrogen functional groups attached to an aromatic ring is 1. The fourth-order valence-corrected chi connectivity index (χ4v) is 1.70. The van der Waals surface area contributed by atoms with Crippen molar-refractivity contribution in [1.82, 2.24) is 24.7 Å². The van der Waals surface area contributed by atoms with E-state index in [1.807, 2.05) is 0 Å². The van der Waals surface area contributed by atoms with Crippen LogP contribution in [-0.4, -0.2) is 24.7 Å². The van der Waals surface area contributed by atoms with Crippen LogP contribution in [0.25, 0.3) is 0 Å². The van der Waals surface area contributed by atoms with Gasteiger partial charge in [0.25, 0.3) is 0 Å². The molecule has 2 aromatic rings.